The van der Waals surface area contributed by atoms with Gasteiger partial charge in [0.25, 0.3) is 5.91 Å². The number of rotatable bonds is 5. The zero-order chi connectivity index (χ0) is 12.7. The van der Waals surface area contributed by atoms with Crippen LogP contribution in [0.3, 0.4) is 0 Å². The van der Waals surface area contributed by atoms with Crippen LogP contribution in [0.4, 0.5) is 5.13 Å². The van der Waals surface area contributed by atoms with Gasteiger partial charge < -0.3 is 15.4 Å². The lowest BCUT2D eigenvalue weighted by Gasteiger charge is -1.98. The maximum atomic E-state index is 11.5. The average molecular weight is 255 g/mol. The van der Waals surface area contributed by atoms with Crippen molar-refractivity contribution in [3.05, 3.63) is 23.2 Å². The van der Waals surface area contributed by atoms with Crippen LogP contribution in [0.25, 0.3) is 0 Å². The van der Waals surface area contributed by atoms with Crippen LogP contribution >= 0.6 is 11.3 Å². The van der Waals surface area contributed by atoms with Gasteiger partial charge in [0.15, 0.2) is 5.13 Å². The van der Waals surface area contributed by atoms with Gasteiger partial charge in [-0.05, 0) is 0 Å². The van der Waals surface area contributed by atoms with E-state index in [-0.39, 0.29) is 12.5 Å². The largest absolute Gasteiger partial charge is 0.466 e. The summed E-state index contributed by atoms with van der Waals surface area (Å²) in [6.07, 6.45) is 2.76. The third-order valence-electron chi connectivity index (χ3n) is 1.79. The minimum Gasteiger partial charge on any atom is -0.466 e. The molecule has 0 saturated carbocycles. The topological polar surface area (TPSA) is 80.3 Å². The highest BCUT2D eigenvalue weighted by molar-refractivity contribution is 7.13. The molecule has 1 heterocycles. The molecule has 0 radical (unpaired) electrons. The molecule has 17 heavy (non-hydrogen) atoms. The Bertz CT molecular complexity index is 428. The van der Waals surface area contributed by atoms with Gasteiger partial charge in [-0.25, -0.2) is 9.78 Å². The number of hydrogen-bond donors (Lipinski definition) is 2. The maximum Gasteiger partial charge on any atom is 0.330 e. The van der Waals surface area contributed by atoms with Gasteiger partial charge in [0.05, 0.1) is 7.11 Å². The number of thiazole rings is 1. The van der Waals surface area contributed by atoms with Crippen molar-refractivity contribution < 1.29 is 14.3 Å². The molecule has 0 aliphatic heterocycles. The van der Waals surface area contributed by atoms with E-state index < -0.39 is 5.97 Å². The summed E-state index contributed by atoms with van der Waals surface area (Å²) in [7, 11) is 3.03. The van der Waals surface area contributed by atoms with E-state index in [1.807, 2.05) is 0 Å². The Kier molecular flexibility index (Phi) is 5.15. The smallest absolute Gasteiger partial charge is 0.330 e. The van der Waals surface area contributed by atoms with Gasteiger partial charge in [-0.1, -0.05) is 6.08 Å². The van der Waals surface area contributed by atoms with Gasteiger partial charge in [-0.15, -0.1) is 11.3 Å². The zero-order valence-corrected chi connectivity index (χ0v) is 10.3. The van der Waals surface area contributed by atoms with E-state index in [2.05, 4.69) is 20.4 Å². The molecule has 1 aromatic heterocycles. The molecule has 1 aromatic rings. The van der Waals surface area contributed by atoms with Crippen molar-refractivity contribution >= 4 is 28.3 Å². The van der Waals surface area contributed by atoms with Crippen LogP contribution in [0.15, 0.2) is 17.5 Å². The second-order valence-electron chi connectivity index (χ2n) is 2.92. The lowest BCUT2D eigenvalue weighted by atomic mass is 10.4. The second kappa shape index (κ2) is 6.64. The van der Waals surface area contributed by atoms with Gasteiger partial charge in [-0.2, -0.15) is 0 Å². The minimum atomic E-state index is -0.453. The van der Waals surface area contributed by atoms with Crippen LogP contribution < -0.4 is 10.6 Å². The summed E-state index contributed by atoms with van der Waals surface area (Å²) in [5.74, 6) is -0.734. The van der Waals surface area contributed by atoms with Crippen molar-refractivity contribution in [2.75, 3.05) is 26.0 Å². The summed E-state index contributed by atoms with van der Waals surface area (Å²) < 4.78 is 4.40. The number of nitrogens with zero attached hydrogens (tertiary/aromatic N) is 1. The second-order valence-corrected chi connectivity index (χ2v) is 3.78. The summed E-state index contributed by atoms with van der Waals surface area (Å²) in [4.78, 5) is 26.3. The van der Waals surface area contributed by atoms with E-state index in [1.54, 1.807) is 12.4 Å². The van der Waals surface area contributed by atoms with Crippen molar-refractivity contribution in [1.29, 1.82) is 0 Å². The molecule has 0 aliphatic carbocycles. The molecule has 2 N–H and O–H groups in total. The van der Waals surface area contributed by atoms with Crippen molar-refractivity contribution in [2.45, 2.75) is 0 Å². The Hall–Kier alpha value is -1.89. The van der Waals surface area contributed by atoms with Crippen LogP contribution in [0.2, 0.25) is 0 Å². The number of nitrogens with one attached hydrogen (secondary N) is 2. The predicted octanol–water partition coefficient (Wildman–Crippen LogP) is 0.644. The predicted molar refractivity (Wildman–Crippen MR) is 65.1 cm³/mol. The molecule has 0 fully saturated rings. The normalized spacial score (nSPS) is 10.2. The van der Waals surface area contributed by atoms with E-state index in [4.69, 9.17) is 0 Å². The van der Waals surface area contributed by atoms with Crippen molar-refractivity contribution in [3.63, 3.8) is 0 Å². The fourth-order valence-electron chi connectivity index (χ4n) is 0.958. The van der Waals surface area contributed by atoms with Crippen LogP contribution in [0, 0.1) is 0 Å². The minimum absolute atomic E-state index is 0.250. The Morgan fingerprint density at radius 1 is 1.59 bits per heavy atom. The first-order valence-corrected chi connectivity index (χ1v) is 5.71. The molecule has 6 nitrogen and oxygen atoms in total. The summed E-state index contributed by atoms with van der Waals surface area (Å²) in [5, 5.41) is 7.78. The van der Waals surface area contributed by atoms with Gasteiger partial charge in [0.1, 0.15) is 5.69 Å². The zero-order valence-electron chi connectivity index (χ0n) is 9.52. The highest BCUT2D eigenvalue weighted by Gasteiger charge is 2.08. The van der Waals surface area contributed by atoms with Crippen LogP contribution in [0.1, 0.15) is 10.5 Å². The molecule has 0 saturated heterocycles. The number of carbonyl (C=O) groups is 2. The molecule has 0 atom stereocenters. The SMILES string of the molecule is CNc1nc(C(=O)NC/C=C/C(=O)OC)cs1. The lowest BCUT2D eigenvalue weighted by Crippen LogP contribution is -2.23. The summed E-state index contributed by atoms with van der Waals surface area (Å²) in [6, 6.07) is 0. The molecule has 0 aromatic carbocycles. The van der Waals surface area contributed by atoms with Crippen LogP contribution in [-0.4, -0.2) is 37.6 Å². The summed E-state index contributed by atoms with van der Waals surface area (Å²) in [6.45, 7) is 0.250. The lowest BCUT2D eigenvalue weighted by molar-refractivity contribution is -0.134. The van der Waals surface area contributed by atoms with Crippen molar-refractivity contribution in [1.82, 2.24) is 10.3 Å². The number of aromatic nitrogens is 1. The number of ether oxygens (including phenoxy) is 1. The van der Waals surface area contributed by atoms with Gasteiger partial charge in [-0.3, -0.25) is 4.79 Å². The number of amides is 1. The van der Waals surface area contributed by atoms with E-state index in [9.17, 15) is 9.59 Å². The molecule has 0 spiro atoms. The number of esters is 1. The molecular weight excluding hydrogens is 242 g/mol. The van der Waals surface area contributed by atoms with E-state index in [0.29, 0.717) is 10.8 Å². The van der Waals surface area contributed by atoms with Crippen LogP contribution in [0.5, 0.6) is 0 Å². The van der Waals surface area contributed by atoms with Crippen molar-refractivity contribution in [2.24, 2.45) is 0 Å². The monoisotopic (exact) mass is 255 g/mol. The third-order valence-corrected chi connectivity index (χ3v) is 2.65. The maximum absolute atomic E-state index is 11.5. The summed E-state index contributed by atoms with van der Waals surface area (Å²) >= 11 is 1.35. The number of carbonyl (C=O) groups excluding carboxylic acids is 2. The molecule has 1 amide bonds. The molecule has 0 aliphatic rings. The molecule has 1 rings (SSSR count). The number of hydrogen-bond acceptors (Lipinski definition) is 6. The Balaban J connectivity index is 2.39. The summed E-state index contributed by atoms with van der Waals surface area (Å²) in [5.41, 5.74) is 0.353. The molecule has 0 unspecified atom stereocenters. The molecular formula is C10H13N3O3S. The molecule has 92 valence electrons. The van der Waals surface area contributed by atoms with Gasteiger partial charge in [0.2, 0.25) is 0 Å². The van der Waals surface area contributed by atoms with E-state index in [0.717, 1.165) is 0 Å². The molecule has 7 heteroatoms. The Morgan fingerprint density at radius 3 is 2.94 bits per heavy atom. The first kappa shape index (κ1) is 13.2. The van der Waals surface area contributed by atoms with Crippen molar-refractivity contribution in [3.8, 4) is 0 Å². The van der Waals surface area contributed by atoms with Crippen LogP contribution in [-0.2, 0) is 9.53 Å². The first-order chi connectivity index (χ1) is 8.17. The highest BCUT2D eigenvalue weighted by Crippen LogP contribution is 2.13. The molecule has 0 bridgehead atoms. The number of anilines is 1. The first-order valence-electron chi connectivity index (χ1n) is 4.83. The fourth-order valence-corrected chi connectivity index (χ4v) is 1.61. The van der Waals surface area contributed by atoms with E-state index in [1.165, 1.54) is 30.6 Å². The van der Waals surface area contributed by atoms with Gasteiger partial charge >= 0.3 is 5.97 Å². The van der Waals surface area contributed by atoms with E-state index >= 15 is 0 Å². The average Bonchev–Trinajstić information content (AvgIpc) is 2.82. The third kappa shape index (κ3) is 4.23. The number of methoxy groups -OCH3 is 1. The standard InChI is InChI=1S/C10H13N3O3S/c1-11-10-13-7(6-17-10)9(15)12-5-3-4-8(14)16-2/h3-4,6H,5H2,1-2H3,(H,11,13)(H,12,15)/b4-3+. The van der Waals surface area contributed by atoms with Gasteiger partial charge in [0, 0.05) is 25.0 Å². The fraction of sp³-hybridized carbons (Fsp3) is 0.300. The quantitative estimate of drug-likeness (QED) is 0.596. The highest BCUT2D eigenvalue weighted by atomic mass is 32.1. The Labute approximate surface area is 103 Å². The Morgan fingerprint density at radius 2 is 2.35 bits per heavy atom.